The van der Waals surface area contributed by atoms with Crippen LogP contribution in [0.1, 0.15) is 24.4 Å². The van der Waals surface area contributed by atoms with Crippen LogP contribution in [-0.4, -0.2) is 22.2 Å². The van der Waals surface area contributed by atoms with Crippen LogP contribution in [0.3, 0.4) is 0 Å². The Hall–Kier alpha value is -2.30. The summed E-state index contributed by atoms with van der Waals surface area (Å²) < 4.78 is 5.01. The molecule has 2 aromatic rings. The van der Waals surface area contributed by atoms with Gasteiger partial charge in [-0.1, -0.05) is 0 Å². The molecule has 0 fully saturated rings. The molecular formula is C14H17N3O2. The van der Waals surface area contributed by atoms with E-state index in [2.05, 4.69) is 15.3 Å². The third-order valence-electron chi connectivity index (χ3n) is 2.89. The largest absolute Gasteiger partial charge is 0.504 e. The Kier molecular flexibility index (Phi) is 3.85. The first-order chi connectivity index (χ1) is 9.11. The van der Waals surface area contributed by atoms with E-state index in [0.29, 0.717) is 5.75 Å². The molecule has 0 saturated carbocycles. The molecule has 2 rings (SSSR count). The van der Waals surface area contributed by atoms with Crippen LogP contribution in [0.4, 0.5) is 5.69 Å². The van der Waals surface area contributed by atoms with E-state index in [1.54, 1.807) is 24.5 Å². The van der Waals surface area contributed by atoms with Gasteiger partial charge < -0.3 is 15.2 Å². The van der Waals surface area contributed by atoms with Crippen molar-refractivity contribution in [1.29, 1.82) is 0 Å². The first kappa shape index (κ1) is 13.1. The Bertz CT molecular complexity index is 572. The zero-order chi connectivity index (χ0) is 13.8. The lowest BCUT2D eigenvalue weighted by Gasteiger charge is -2.16. The Morgan fingerprint density at radius 2 is 2.00 bits per heavy atom. The second-order valence-corrected chi connectivity index (χ2v) is 4.28. The fraction of sp³-hybridized carbons (Fsp3) is 0.286. The Labute approximate surface area is 112 Å². The van der Waals surface area contributed by atoms with Crippen molar-refractivity contribution in [3.8, 4) is 11.5 Å². The molecule has 1 aromatic carbocycles. The first-order valence-corrected chi connectivity index (χ1v) is 6.03. The highest BCUT2D eigenvalue weighted by Crippen LogP contribution is 2.30. The van der Waals surface area contributed by atoms with Crippen LogP contribution in [0.5, 0.6) is 11.5 Å². The van der Waals surface area contributed by atoms with Gasteiger partial charge in [0.05, 0.1) is 24.5 Å². The Morgan fingerprint density at radius 3 is 2.63 bits per heavy atom. The highest BCUT2D eigenvalue weighted by Gasteiger charge is 2.11. The van der Waals surface area contributed by atoms with Gasteiger partial charge in [-0.15, -0.1) is 0 Å². The molecule has 0 saturated heterocycles. The molecule has 1 aromatic heterocycles. The van der Waals surface area contributed by atoms with E-state index in [1.807, 2.05) is 19.9 Å². The van der Waals surface area contributed by atoms with Gasteiger partial charge in [-0.05, 0) is 26.0 Å². The van der Waals surface area contributed by atoms with Gasteiger partial charge in [0.25, 0.3) is 0 Å². The lowest BCUT2D eigenvalue weighted by Crippen LogP contribution is -2.10. The van der Waals surface area contributed by atoms with Crippen molar-refractivity contribution in [3.63, 3.8) is 0 Å². The summed E-state index contributed by atoms with van der Waals surface area (Å²) in [5.74, 6) is 0.560. The normalized spacial score (nSPS) is 11.9. The second-order valence-electron chi connectivity index (χ2n) is 4.28. The van der Waals surface area contributed by atoms with Gasteiger partial charge in [0.1, 0.15) is 0 Å². The quantitative estimate of drug-likeness (QED) is 0.883. The molecule has 0 spiro atoms. The summed E-state index contributed by atoms with van der Waals surface area (Å²) >= 11 is 0. The van der Waals surface area contributed by atoms with Crippen LogP contribution in [0.15, 0.2) is 30.6 Å². The van der Waals surface area contributed by atoms with Crippen molar-refractivity contribution >= 4 is 5.69 Å². The van der Waals surface area contributed by atoms with E-state index in [1.165, 1.54) is 7.11 Å². The van der Waals surface area contributed by atoms with E-state index < -0.39 is 0 Å². The molecule has 5 nitrogen and oxygen atoms in total. The molecule has 1 unspecified atom stereocenters. The van der Waals surface area contributed by atoms with Crippen molar-refractivity contribution < 1.29 is 9.84 Å². The van der Waals surface area contributed by atoms with Crippen LogP contribution in [-0.2, 0) is 0 Å². The molecular weight excluding hydrogens is 242 g/mol. The maximum atomic E-state index is 9.74. The van der Waals surface area contributed by atoms with Gasteiger partial charge in [-0.2, -0.15) is 0 Å². The first-order valence-electron chi connectivity index (χ1n) is 6.03. The third kappa shape index (κ3) is 2.93. The predicted octanol–water partition coefficient (Wildman–Crippen LogP) is 2.67. The Morgan fingerprint density at radius 1 is 1.26 bits per heavy atom. The molecule has 0 bridgehead atoms. The number of aromatic nitrogens is 2. The maximum Gasteiger partial charge on any atom is 0.160 e. The molecule has 19 heavy (non-hydrogen) atoms. The van der Waals surface area contributed by atoms with Gasteiger partial charge in [-0.3, -0.25) is 9.97 Å². The number of nitrogens with zero attached hydrogens (tertiary/aromatic N) is 2. The minimum Gasteiger partial charge on any atom is -0.504 e. The minimum atomic E-state index is 0.00138. The highest BCUT2D eigenvalue weighted by molar-refractivity contribution is 5.54. The van der Waals surface area contributed by atoms with Crippen LogP contribution < -0.4 is 10.1 Å². The van der Waals surface area contributed by atoms with Crippen LogP contribution >= 0.6 is 0 Å². The van der Waals surface area contributed by atoms with E-state index in [4.69, 9.17) is 4.74 Å². The number of benzene rings is 1. The number of aromatic hydroxyl groups is 1. The van der Waals surface area contributed by atoms with Crippen molar-refractivity contribution in [2.24, 2.45) is 0 Å². The molecule has 0 aliphatic heterocycles. The van der Waals surface area contributed by atoms with Gasteiger partial charge in [0, 0.05) is 24.1 Å². The number of hydrogen-bond acceptors (Lipinski definition) is 5. The number of aryl methyl sites for hydroxylation is 1. The lowest BCUT2D eigenvalue weighted by molar-refractivity contribution is 0.373. The summed E-state index contributed by atoms with van der Waals surface area (Å²) in [7, 11) is 1.52. The van der Waals surface area contributed by atoms with Crippen molar-refractivity contribution in [1.82, 2.24) is 9.97 Å². The summed E-state index contributed by atoms with van der Waals surface area (Å²) in [6.45, 7) is 3.92. The number of rotatable bonds is 4. The number of phenols is 1. The SMILES string of the molecule is COc1ccc(NC(C)c2nccnc2C)cc1O. The second kappa shape index (κ2) is 5.56. The van der Waals surface area contributed by atoms with E-state index in [9.17, 15) is 5.11 Å². The summed E-state index contributed by atoms with van der Waals surface area (Å²) in [5, 5.41) is 13.0. The van der Waals surface area contributed by atoms with Crippen LogP contribution in [0, 0.1) is 6.92 Å². The number of phenolic OH excluding ortho intramolecular Hbond substituents is 1. The third-order valence-corrected chi connectivity index (χ3v) is 2.89. The molecule has 1 atom stereocenters. The number of hydrogen-bond donors (Lipinski definition) is 2. The topological polar surface area (TPSA) is 67.3 Å². The summed E-state index contributed by atoms with van der Waals surface area (Å²) in [5.41, 5.74) is 2.58. The van der Waals surface area contributed by atoms with Crippen LogP contribution in [0.2, 0.25) is 0 Å². The summed E-state index contributed by atoms with van der Waals surface area (Å²) in [6, 6.07) is 5.19. The average molecular weight is 259 g/mol. The van der Waals surface area contributed by atoms with Crippen LogP contribution in [0.25, 0.3) is 0 Å². The average Bonchev–Trinajstić information content (AvgIpc) is 2.39. The zero-order valence-electron chi connectivity index (χ0n) is 11.2. The van der Waals surface area contributed by atoms with Crippen molar-refractivity contribution in [3.05, 3.63) is 42.0 Å². The van der Waals surface area contributed by atoms with Gasteiger partial charge in [0.2, 0.25) is 0 Å². The molecule has 0 amide bonds. The van der Waals surface area contributed by atoms with E-state index >= 15 is 0 Å². The number of anilines is 1. The highest BCUT2D eigenvalue weighted by atomic mass is 16.5. The standard InChI is InChI=1S/C14H17N3O2/c1-9-14(16-7-6-15-9)10(2)17-11-4-5-13(19-3)12(18)8-11/h4-8,10,17-18H,1-3H3. The van der Waals surface area contributed by atoms with Gasteiger partial charge in [-0.25, -0.2) is 0 Å². The molecule has 0 aliphatic rings. The zero-order valence-corrected chi connectivity index (χ0v) is 11.2. The van der Waals surface area contributed by atoms with Crippen molar-refractivity contribution in [2.75, 3.05) is 12.4 Å². The molecule has 5 heteroatoms. The lowest BCUT2D eigenvalue weighted by atomic mass is 10.1. The van der Waals surface area contributed by atoms with E-state index in [-0.39, 0.29) is 11.8 Å². The van der Waals surface area contributed by atoms with Gasteiger partial charge in [0.15, 0.2) is 11.5 Å². The number of methoxy groups -OCH3 is 1. The summed E-state index contributed by atoms with van der Waals surface area (Å²) in [6.07, 6.45) is 3.34. The molecule has 2 N–H and O–H groups in total. The van der Waals surface area contributed by atoms with Gasteiger partial charge >= 0.3 is 0 Å². The molecule has 0 radical (unpaired) electrons. The number of nitrogens with one attached hydrogen (secondary N) is 1. The molecule has 100 valence electrons. The fourth-order valence-electron chi connectivity index (χ4n) is 1.94. The minimum absolute atomic E-state index is 0.00138. The smallest absolute Gasteiger partial charge is 0.160 e. The summed E-state index contributed by atoms with van der Waals surface area (Å²) in [4.78, 5) is 8.53. The molecule has 0 aliphatic carbocycles. The predicted molar refractivity (Wildman–Crippen MR) is 73.5 cm³/mol. The van der Waals surface area contributed by atoms with Crippen molar-refractivity contribution in [2.45, 2.75) is 19.9 Å². The van der Waals surface area contributed by atoms with E-state index in [0.717, 1.165) is 17.1 Å². The fourth-order valence-corrected chi connectivity index (χ4v) is 1.94. The maximum absolute atomic E-state index is 9.74. The monoisotopic (exact) mass is 259 g/mol. The Balaban J connectivity index is 2.17. The number of ether oxygens (including phenoxy) is 1. The molecule has 1 heterocycles.